The predicted molar refractivity (Wildman–Crippen MR) is 52.9 cm³/mol. The van der Waals surface area contributed by atoms with Gasteiger partial charge in [-0.2, -0.15) is 0 Å². The van der Waals surface area contributed by atoms with Gasteiger partial charge in [-0.25, -0.2) is 0 Å². The standard InChI is InChI=1S/C8H15N.2ClH/c1-2-4-8(5-3-1)6-7-9-8;;/h9H,1-7H2;2*1H. The van der Waals surface area contributed by atoms with E-state index in [0.29, 0.717) is 5.54 Å². The number of hydrogen-bond donors (Lipinski definition) is 1. The van der Waals surface area contributed by atoms with Gasteiger partial charge in [0.1, 0.15) is 0 Å². The Morgan fingerprint density at radius 3 is 1.64 bits per heavy atom. The van der Waals surface area contributed by atoms with Crippen LogP contribution >= 0.6 is 24.8 Å². The highest BCUT2D eigenvalue weighted by Crippen LogP contribution is 2.34. The van der Waals surface area contributed by atoms with Crippen LogP contribution in [0, 0.1) is 0 Å². The summed E-state index contributed by atoms with van der Waals surface area (Å²) >= 11 is 0. The molecule has 1 spiro atoms. The summed E-state index contributed by atoms with van der Waals surface area (Å²) in [5, 5.41) is 3.56. The number of halogens is 2. The molecule has 1 saturated carbocycles. The van der Waals surface area contributed by atoms with Crippen molar-refractivity contribution in [1.29, 1.82) is 0 Å². The van der Waals surface area contributed by atoms with E-state index in [1.165, 1.54) is 45.1 Å². The molecule has 68 valence electrons. The molecule has 0 aromatic heterocycles. The molecule has 2 aliphatic rings. The SMILES string of the molecule is C1CCC2(CC1)CCN2.Cl.Cl. The Labute approximate surface area is 81.1 Å². The number of nitrogens with one attached hydrogen (secondary N) is 1. The summed E-state index contributed by atoms with van der Waals surface area (Å²) in [6.45, 7) is 1.28. The fraction of sp³-hybridized carbons (Fsp3) is 1.00. The van der Waals surface area contributed by atoms with Crippen molar-refractivity contribution in [2.75, 3.05) is 6.54 Å². The maximum absolute atomic E-state index is 3.56. The van der Waals surface area contributed by atoms with Gasteiger partial charge in [-0.3, -0.25) is 0 Å². The third-order valence-electron chi connectivity index (χ3n) is 2.91. The topological polar surface area (TPSA) is 12.0 Å². The van der Waals surface area contributed by atoms with Crippen molar-refractivity contribution < 1.29 is 0 Å². The molecule has 1 aliphatic carbocycles. The van der Waals surface area contributed by atoms with Crippen LogP contribution in [-0.2, 0) is 0 Å². The number of hydrogen-bond acceptors (Lipinski definition) is 1. The Hall–Kier alpha value is 0.540. The molecule has 0 unspecified atom stereocenters. The zero-order chi connectivity index (χ0) is 6.16. The minimum atomic E-state index is 0. The first-order valence-corrected chi connectivity index (χ1v) is 4.16. The molecule has 3 heteroatoms. The molecule has 1 aliphatic heterocycles. The van der Waals surface area contributed by atoms with Gasteiger partial charge in [0.25, 0.3) is 0 Å². The van der Waals surface area contributed by atoms with Gasteiger partial charge in [0.2, 0.25) is 0 Å². The van der Waals surface area contributed by atoms with Gasteiger partial charge in [-0.05, 0) is 25.8 Å². The lowest BCUT2D eigenvalue weighted by molar-refractivity contribution is 0.144. The van der Waals surface area contributed by atoms with Crippen LogP contribution in [0.2, 0.25) is 0 Å². The van der Waals surface area contributed by atoms with Crippen LogP contribution < -0.4 is 5.32 Å². The molecule has 0 amide bonds. The Morgan fingerprint density at radius 2 is 1.36 bits per heavy atom. The molecule has 0 atom stereocenters. The molecule has 0 aromatic rings. The van der Waals surface area contributed by atoms with Crippen molar-refractivity contribution in [3.63, 3.8) is 0 Å². The Morgan fingerprint density at radius 1 is 0.818 bits per heavy atom. The minimum absolute atomic E-state index is 0. The van der Waals surface area contributed by atoms with E-state index in [4.69, 9.17) is 0 Å². The van der Waals surface area contributed by atoms with Crippen molar-refractivity contribution >= 4 is 24.8 Å². The second-order valence-corrected chi connectivity index (χ2v) is 3.52. The van der Waals surface area contributed by atoms with Crippen molar-refractivity contribution in [3.05, 3.63) is 0 Å². The van der Waals surface area contributed by atoms with Crippen LogP contribution in [-0.4, -0.2) is 12.1 Å². The molecule has 1 N–H and O–H groups in total. The zero-order valence-corrected chi connectivity index (χ0v) is 8.40. The van der Waals surface area contributed by atoms with Crippen LogP contribution in [0.5, 0.6) is 0 Å². The largest absolute Gasteiger partial charge is 0.311 e. The Kier molecular flexibility index (Phi) is 4.76. The van der Waals surface area contributed by atoms with Crippen LogP contribution in [0.1, 0.15) is 38.5 Å². The van der Waals surface area contributed by atoms with Crippen molar-refractivity contribution in [2.24, 2.45) is 0 Å². The molecule has 0 aromatic carbocycles. The van der Waals surface area contributed by atoms with Crippen molar-refractivity contribution in [2.45, 2.75) is 44.1 Å². The monoisotopic (exact) mass is 197 g/mol. The second kappa shape index (κ2) is 4.54. The lowest BCUT2D eigenvalue weighted by atomic mass is 9.75. The highest BCUT2D eigenvalue weighted by atomic mass is 35.5. The first-order chi connectivity index (χ1) is 4.41. The highest BCUT2D eigenvalue weighted by molar-refractivity contribution is 5.85. The van der Waals surface area contributed by atoms with Gasteiger partial charge < -0.3 is 5.32 Å². The fourth-order valence-electron chi connectivity index (χ4n) is 2.13. The molecular formula is C8H17Cl2N. The minimum Gasteiger partial charge on any atom is -0.311 e. The molecule has 1 nitrogen and oxygen atoms in total. The smallest absolute Gasteiger partial charge is 0.0193 e. The van der Waals surface area contributed by atoms with Gasteiger partial charge >= 0.3 is 0 Å². The summed E-state index contributed by atoms with van der Waals surface area (Å²) in [6, 6.07) is 0. The molecule has 1 heterocycles. The van der Waals surface area contributed by atoms with Gasteiger partial charge in [0.15, 0.2) is 0 Å². The fourth-order valence-corrected chi connectivity index (χ4v) is 2.13. The van der Waals surface area contributed by atoms with E-state index in [1.807, 2.05) is 0 Å². The van der Waals surface area contributed by atoms with Crippen molar-refractivity contribution in [3.8, 4) is 0 Å². The lowest BCUT2D eigenvalue weighted by Crippen LogP contribution is -2.57. The van der Waals surface area contributed by atoms with Gasteiger partial charge in [0, 0.05) is 5.54 Å². The first kappa shape index (κ1) is 11.5. The summed E-state index contributed by atoms with van der Waals surface area (Å²) in [6.07, 6.45) is 8.76. The van der Waals surface area contributed by atoms with Crippen LogP contribution in [0.15, 0.2) is 0 Å². The average Bonchev–Trinajstić information content (AvgIpc) is 1.87. The first-order valence-electron chi connectivity index (χ1n) is 4.16. The van der Waals surface area contributed by atoms with Crippen LogP contribution in [0.4, 0.5) is 0 Å². The van der Waals surface area contributed by atoms with Gasteiger partial charge in [-0.1, -0.05) is 19.3 Å². The summed E-state index contributed by atoms with van der Waals surface area (Å²) in [7, 11) is 0. The van der Waals surface area contributed by atoms with E-state index < -0.39 is 0 Å². The Balaban J connectivity index is 0.000000500. The maximum atomic E-state index is 3.56. The molecular weight excluding hydrogens is 181 g/mol. The highest BCUT2D eigenvalue weighted by Gasteiger charge is 2.36. The summed E-state index contributed by atoms with van der Waals surface area (Å²) in [5.41, 5.74) is 0.651. The molecule has 11 heavy (non-hydrogen) atoms. The number of rotatable bonds is 0. The van der Waals surface area contributed by atoms with Crippen LogP contribution in [0.25, 0.3) is 0 Å². The molecule has 1 saturated heterocycles. The molecule has 2 rings (SSSR count). The van der Waals surface area contributed by atoms with E-state index in [-0.39, 0.29) is 24.8 Å². The molecule has 2 fully saturated rings. The maximum Gasteiger partial charge on any atom is 0.0193 e. The summed E-state index contributed by atoms with van der Waals surface area (Å²) in [5.74, 6) is 0. The van der Waals surface area contributed by atoms with Gasteiger partial charge in [0.05, 0.1) is 0 Å². The predicted octanol–water partition coefficient (Wildman–Crippen LogP) is 2.53. The zero-order valence-electron chi connectivity index (χ0n) is 6.77. The summed E-state index contributed by atoms with van der Waals surface area (Å²) in [4.78, 5) is 0. The summed E-state index contributed by atoms with van der Waals surface area (Å²) < 4.78 is 0. The van der Waals surface area contributed by atoms with Crippen LogP contribution in [0.3, 0.4) is 0 Å². The normalized spacial score (nSPS) is 26.2. The van der Waals surface area contributed by atoms with E-state index >= 15 is 0 Å². The lowest BCUT2D eigenvalue weighted by Gasteiger charge is -2.46. The molecule has 0 bridgehead atoms. The van der Waals surface area contributed by atoms with Gasteiger partial charge in [-0.15, -0.1) is 24.8 Å². The quantitative estimate of drug-likeness (QED) is 0.630. The Bertz CT molecular complexity index is 105. The third kappa shape index (κ3) is 2.24. The van der Waals surface area contributed by atoms with E-state index in [0.717, 1.165) is 0 Å². The third-order valence-corrected chi connectivity index (χ3v) is 2.91. The van der Waals surface area contributed by atoms with E-state index in [2.05, 4.69) is 5.32 Å². The van der Waals surface area contributed by atoms with E-state index in [9.17, 15) is 0 Å². The second-order valence-electron chi connectivity index (χ2n) is 3.52. The molecule has 0 radical (unpaired) electrons. The van der Waals surface area contributed by atoms with Crippen molar-refractivity contribution in [1.82, 2.24) is 5.32 Å². The van der Waals surface area contributed by atoms with E-state index in [1.54, 1.807) is 0 Å². The average molecular weight is 198 g/mol.